The van der Waals surface area contributed by atoms with Gasteiger partial charge in [0.2, 0.25) is 0 Å². The zero-order valence-corrected chi connectivity index (χ0v) is 13.8. The molecule has 0 amide bonds. The van der Waals surface area contributed by atoms with E-state index in [1.165, 1.54) is 0 Å². The maximum Gasteiger partial charge on any atom is 0.176 e. The topological polar surface area (TPSA) is 68.0 Å². The highest BCUT2D eigenvalue weighted by molar-refractivity contribution is 6.30. The summed E-state index contributed by atoms with van der Waals surface area (Å²) >= 11 is 5.96. The van der Waals surface area contributed by atoms with Gasteiger partial charge in [-0.25, -0.2) is 9.97 Å². The summed E-state index contributed by atoms with van der Waals surface area (Å²) < 4.78 is 1.78. The lowest BCUT2D eigenvalue weighted by Crippen LogP contribution is -2.00. The van der Waals surface area contributed by atoms with Crippen LogP contribution < -0.4 is 5.43 Å². The van der Waals surface area contributed by atoms with Crippen molar-refractivity contribution < 1.29 is 0 Å². The van der Waals surface area contributed by atoms with E-state index in [4.69, 9.17) is 16.6 Å². The minimum atomic E-state index is 0.590. The summed E-state index contributed by atoms with van der Waals surface area (Å²) in [6.07, 6.45) is 1.85. The molecule has 2 aromatic heterocycles. The molecule has 2 heterocycles. The van der Waals surface area contributed by atoms with Gasteiger partial charge in [-0.2, -0.15) is 10.2 Å². The Balaban J connectivity index is 2.25. The number of aromatic nitrogens is 4. The highest BCUT2D eigenvalue weighted by Crippen LogP contribution is 2.28. The normalized spacial score (nSPS) is 10.9. The zero-order chi connectivity index (χ0) is 16.4. The molecule has 1 aromatic carbocycles. The number of benzene rings is 1. The standard InChI is InChI=1S/C16H17ClN6/c1-4-5-12-13-14(23(3)22-12)16(21-18-2)20-15(19-13)10-6-8-11(17)9-7-10/h6-9H,2,4-5H2,1,3H3,(H,19,20,21). The van der Waals surface area contributed by atoms with Gasteiger partial charge in [0, 0.05) is 24.4 Å². The molecule has 0 aliphatic carbocycles. The summed E-state index contributed by atoms with van der Waals surface area (Å²) in [5.74, 6) is 1.19. The van der Waals surface area contributed by atoms with E-state index in [1.807, 2.05) is 31.3 Å². The molecule has 0 radical (unpaired) electrons. The lowest BCUT2D eigenvalue weighted by molar-refractivity contribution is 0.753. The van der Waals surface area contributed by atoms with E-state index in [0.717, 1.165) is 35.1 Å². The van der Waals surface area contributed by atoms with Crippen molar-refractivity contribution in [3.8, 4) is 11.4 Å². The molecule has 23 heavy (non-hydrogen) atoms. The van der Waals surface area contributed by atoms with Crippen molar-refractivity contribution in [1.29, 1.82) is 0 Å². The molecule has 0 aliphatic heterocycles. The van der Waals surface area contributed by atoms with Crippen LogP contribution in [0.2, 0.25) is 5.02 Å². The van der Waals surface area contributed by atoms with Gasteiger partial charge >= 0.3 is 0 Å². The van der Waals surface area contributed by atoms with E-state index in [0.29, 0.717) is 16.7 Å². The largest absolute Gasteiger partial charge is 0.262 e. The number of halogens is 1. The Hall–Kier alpha value is -2.47. The number of rotatable bonds is 5. The minimum absolute atomic E-state index is 0.590. The molecule has 3 rings (SSSR count). The molecule has 3 aromatic rings. The monoisotopic (exact) mass is 328 g/mol. The van der Waals surface area contributed by atoms with Crippen LogP contribution in [0, 0.1) is 0 Å². The first-order valence-electron chi connectivity index (χ1n) is 7.35. The van der Waals surface area contributed by atoms with Crippen molar-refractivity contribution in [3.63, 3.8) is 0 Å². The summed E-state index contributed by atoms with van der Waals surface area (Å²) in [6, 6.07) is 7.42. The van der Waals surface area contributed by atoms with Crippen molar-refractivity contribution in [2.75, 3.05) is 5.43 Å². The smallest absolute Gasteiger partial charge is 0.176 e. The highest BCUT2D eigenvalue weighted by Gasteiger charge is 2.17. The van der Waals surface area contributed by atoms with Crippen LogP contribution in [0.1, 0.15) is 19.0 Å². The van der Waals surface area contributed by atoms with Gasteiger partial charge in [0.05, 0.1) is 5.69 Å². The molecular formula is C16H17ClN6. The van der Waals surface area contributed by atoms with Gasteiger partial charge in [-0.15, -0.1) is 0 Å². The molecular weight excluding hydrogens is 312 g/mol. The van der Waals surface area contributed by atoms with Gasteiger partial charge < -0.3 is 0 Å². The summed E-state index contributed by atoms with van der Waals surface area (Å²) in [7, 11) is 1.88. The van der Waals surface area contributed by atoms with Crippen LogP contribution in [0.3, 0.4) is 0 Å². The Morgan fingerprint density at radius 1 is 1.26 bits per heavy atom. The van der Waals surface area contributed by atoms with Gasteiger partial charge in [0.25, 0.3) is 0 Å². The molecule has 118 valence electrons. The van der Waals surface area contributed by atoms with Crippen molar-refractivity contribution in [2.24, 2.45) is 12.1 Å². The van der Waals surface area contributed by atoms with Crippen LogP contribution in [-0.2, 0) is 13.5 Å². The molecule has 0 unspecified atom stereocenters. The molecule has 0 fully saturated rings. The van der Waals surface area contributed by atoms with Gasteiger partial charge in [-0.1, -0.05) is 24.9 Å². The summed E-state index contributed by atoms with van der Waals surface area (Å²) in [5, 5.41) is 8.99. The number of nitrogens with one attached hydrogen (secondary N) is 1. The average molecular weight is 329 g/mol. The van der Waals surface area contributed by atoms with E-state index in [-0.39, 0.29) is 0 Å². The Morgan fingerprint density at radius 3 is 2.65 bits per heavy atom. The molecule has 7 heteroatoms. The minimum Gasteiger partial charge on any atom is -0.262 e. The summed E-state index contributed by atoms with van der Waals surface area (Å²) in [6.45, 7) is 5.60. The van der Waals surface area contributed by atoms with E-state index in [1.54, 1.807) is 4.68 Å². The first-order valence-corrected chi connectivity index (χ1v) is 7.73. The molecule has 0 bridgehead atoms. The first kappa shape index (κ1) is 15.4. The Kier molecular flexibility index (Phi) is 4.25. The molecule has 6 nitrogen and oxygen atoms in total. The number of hydrogen-bond donors (Lipinski definition) is 1. The maximum atomic E-state index is 5.96. The third kappa shape index (κ3) is 2.90. The number of fused-ring (bicyclic) bond motifs is 1. The van der Waals surface area contributed by atoms with Crippen molar-refractivity contribution in [3.05, 3.63) is 35.0 Å². The van der Waals surface area contributed by atoms with Crippen molar-refractivity contribution in [2.45, 2.75) is 19.8 Å². The fraction of sp³-hybridized carbons (Fsp3) is 0.250. The number of hydrogen-bond acceptors (Lipinski definition) is 5. The Bertz CT molecular complexity index is 853. The summed E-state index contributed by atoms with van der Waals surface area (Å²) in [4.78, 5) is 9.28. The van der Waals surface area contributed by atoms with Crippen LogP contribution in [0.15, 0.2) is 29.4 Å². The van der Waals surface area contributed by atoms with Crippen LogP contribution in [0.4, 0.5) is 5.82 Å². The van der Waals surface area contributed by atoms with Gasteiger partial charge in [0.1, 0.15) is 11.0 Å². The molecule has 0 atom stereocenters. The quantitative estimate of drug-likeness (QED) is 0.573. The highest BCUT2D eigenvalue weighted by atomic mass is 35.5. The van der Waals surface area contributed by atoms with Crippen molar-refractivity contribution >= 4 is 35.2 Å². The number of hydrazone groups is 1. The zero-order valence-electron chi connectivity index (χ0n) is 13.0. The van der Waals surface area contributed by atoms with Gasteiger partial charge in [-0.05, 0) is 30.7 Å². The predicted molar refractivity (Wildman–Crippen MR) is 93.9 cm³/mol. The second-order valence-corrected chi connectivity index (χ2v) is 5.63. The van der Waals surface area contributed by atoms with Crippen molar-refractivity contribution in [1.82, 2.24) is 19.7 Å². The SMILES string of the molecule is C=NNc1nc(-c2ccc(Cl)cc2)nc2c(CCC)nn(C)c12. The molecule has 1 N–H and O–H groups in total. The second kappa shape index (κ2) is 6.34. The Morgan fingerprint density at radius 2 is 2.00 bits per heavy atom. The van der Waals surface area contributed by atoms with E-state index >= 15 is 0 Å². The summed E-state index contributed by atoms with van der Waals surface area (Å²) in [5.41, 5.74) is 6.33. The maximum absolute atomic E-state index is 5.96. The Labute approximate surface area is 139 Å². The molecule has 0 aliphatic rings. The number of nitrogens with zero attached hydrogens (tertiary/aromatic N) is 5. The number of anilines is 1. The molecule has 0 spiro atoms. The average Bonchev–Trinajstić information content (AvgIpc) is 2.85. The van der Waals surface area contributed by atoms with Crippen LogP contribution >= 0.6 is 11.6 Å². The van der Waals surface area contributed by atoms with Crippen LogP contribution in [0.5, 0.6) is 0 Å². The van der Waals surface area contributed by atoms with E-state index < -0.39 is 0 Å². The van der Waals surface area contributed by atoms with Crippen LogP contribution in [0.25, 0.3) is 22.4 Å². The van der Waals surface area contributed by atoms with Gasteiger partial charge in [0.15, 0.2) is 11.6 Å². The first-order chi connectivity index (χ1) is 11.1. The fourth-order valence-electron chi connectivity index (χ4n) is 2.53. The number of aryl methyl sites for hydroxylation is 2. The van der Waals surface area contributed by atoms with Crippen LogP contribution in [-0.4, -0.2) is 26.5 Å². The lowest BCUT2D eigenvalue weighted by Gasteiger charge is -2.07. The fourth-order valence-corrected chi connectivity index (χ4v) is 2.65. The predicted octanol–water partition coefficient (Wildman–Crippen LogP) is 3.66. The van der Waals surface area contributed by atoms with E-state index in [9.17, 15) is 0 Å². The third-order valence-electron chi connectivity index (χ3n) is 3.53. The lowest BCUT2D eigenvalue weighted by atomic mass is 10.2. The third-order valence-corrected chi connectivity index (χ3v) is 3.78. The molecule has 0 saturated heterocycles. The molecule has 0 saturated carbocycles. The van der Waals surface area contributed by atoms with Gasteiger partial charge in [-0.3, -0.25) is 10.1 Å². The second-order valence-electron chi connectivity index (χ2n) is 5.19. The van der Waals surface area contributed by atoms with E-state index in [2.05, 4.69) is 34.3 Å².